The number of nitrogens with one attached hydrogen (secondary N) is 1. The highest BCUT2D eigenvalue weighted by atomic mass is 16.6. The van der Waals surface area contributed by atoms with E-state index in [2.05, 4.69) is 15.5 Å². The van der Waals surface area contributed by atoms with Gasteiger partial charge >= 0.3 is 5.69 Å². The van der Waals surface area contributed by atoms with Gasteiger partial charge in [-0.1, -0.05) is 30.3 Å². The van der Waals surface area contributed by atoms with Gasteiger partial charge in [-0.05, 0) is 23.8 Å². The van der Waals surface area contributed by atoms with Crippen LogP contribution in [-0.2, 0) is 11.3 Å². The van der Waals surface area contributed by atoms with Crippen LogP contribution in [0.15, 0.2) is 70.9 Å². The summed E-state index contributed by atoms with van der Waals surface area (Å²) in [6.07, 6.45) is 0. The molecule has 0 aliphatic carbocycles. The minimum absolute atomic E-state index is 0.175. The van der Waals surface area contributed by atoms with Gasteiger partial charge in [0.25, 0.3) is 5.69 Å². The first kappa shape index (κ1) is 24.5. The van der Waals surface area contributed by atoms with Crippen LogP contribution in [0.25, 0.3) is 0 Å². The zero-order valence-corrected chi connectivity index (χ0v) is 18.7. The first-order valence-corrected chi connectivity index (χ1v) is 10.1. The molecule has 1 amide bonds. The van der Waals surface area contributed by atoms with Gasteiger partial charge in [0, 0.05) is 32.3 Å². The minimum Gasteiger partial charge on any atom is -0.370 e. The molecule has 0 aromatic heterocycles. The quantitative estimate of drug-likeness (QED) is 0.260. The van der Waals surface area contributed by atoms with E-state index in [4.69, 9.17) is 0 Å². The zero-order valence-electron chi connectivity index (χ0n) is 18.7. The van der Waals surface area contributed by atoms with Gasteiger partial charge < -0.3 is 10.2 Å². The van der Waals surface area contributed by atoms with Crippen molar-refractivity contribution in [1.82, 2.24) is 0 Å². The molecule has 0 saturated heterocycles. The number of carbonyl (C=O) groups is 1. The number of nitrogens with zero attached hydrogens (tertiary/aromatic N) is 6. The van der Waals surface area contributed by atoms with Gasteiger partial charge in [-0.25, -0.2) is 0 Å². The highest BCUT2D eigenvalue weighted by Crippen LogP contribution is 2.38. The molecule has 0 aliphatic heterocycles. The SMILES string of the molecule is CC(=O)Nc1cc(N(C)Cc2ccccc2)ccc1N=Nc1c(C#N)cc([N+](=O)[O-])cc1[N+](=O)[O-]. The lowest BCUT2D eigenvalue weighted by atomic mass is 10.1. The van der Waals surface area contributed by atoms with Crippen LogP contribution in [0.5, 0.6) is 0 Å². The second-order valence-electron chi connectivity index (χ2n) is 7.41. The maximum atomic E-state index is 11.8. The summed E-state index contributed by atoms with van der Waals surface area (Å²) >= 11 is 0. The standard InChI is InChI=1S/C23H19N7O5/c1-15(31)25-21-11-18(28(2)14-16-6-4-3-5-7-16)8-9-20(21)26-27-23-17(13-24)10-19(29(32)33)12-22(23)30(34)35/h3-12H,14H2,1-2H3,(H,25,31). The molecular weight excluding hydrogens is 454 g/mol. The second-order valence-corrected chi connectivity index (χ2v) is 7.41. The highest BCUT2D eigenvalue weighted by Gasteiger charge is 2.24. The van der Waals surface area contributed by atoms with Crippen molar-refractivity contribution in [3.05, 3.63) is 92.0 Å². The lowest BCUT2D eigenvalue weighted by Crippen LogP contribution is -2.16. The molecule has 12 heteroatoms. The van der Waals surface area contributed by atoms with Crippen LogP contribution >= 0.6 is 0 Å². The van der Waals surface area contributed by atoms with Crippen LogP contribution < -0.4 is 10.2 Å². The lowest BCUT2D eigenvalue weighted by molar-refractivity contribution is -0.393. The van der Waals surface area contributed by atoms with Crippen LogP contribution in [0.1, 0.15) is 18.1 Å². The van der Waals surface area contributed by atoms with Crippen LogP contribution in [0.4, 0.5) is 34.1 Å². The van der Waals surface area contributed by atoms with E-state index >= 15 is 0 Å². The number of amides is 1. The summed E-state index contributed by atoms with van der Waals surface area (Å²) in [5.74, 6) is -0.372. The third-order valence-corrected chi connectivity index (χ3v) is 4.85. The van der Waals surface area contributed by atoms with E-state index in [1.165, 1.54) is 6.92 Å². The summed E-state index contributed by atoms with van der Waals surface area (Å²) in [5.41, 5.74) is 0.147. The van der Waals surface area contributed by atoms with Gasteiger partial charge in [0.05, 0.1) is 27.2 Å². The van der Waals surface area contributed by atoms with Crippen LogP contribution in [0.3, 0.4) is 0 Å². The fraction of sp³-hybridized carbons (Fsp3) is 0.130. The molecule has 3 aromatic carbocycles. The summed E-state index contributed by atoms with van der Waals surface area (Å²) in [6, 6.07) is 18.0. The number of azo groups is 1. The Morgan fingerprint density at radius 1 is 1.06 bits per heavy atom. The first-order chi connectivity index (χ1) is 16.7. The smallest absolute Gasteiger partial charge is 0.304 e. The average Bonchev–Trinajstić information content (AvgIpc) is 2.82. The zero-order chi connectivity index (χ0) is 25.5. The van der Waals surface area contributed by atoms with Crippen LogP contribution in [0.2, 0.25) is 0 Å². The van der Waals surface area contributed by atoms with E-state index in [9.17, 15) is 30.3 Å². The normalized spacial score (nSPS) is 10.5. The molecule has 3 aromatic rings. The number of non-ortho nitro benzene ring substituents is 1. The minimum atomic E-state index is -0.876. The maximum absolute atomic E-state index is 11.8. The monoisotopic (exact) mass is 473 g/mol. The summed E-state index contributed by atoms with van der Waals surface area (Å²) in [7, 11) is 1.88. The Hall–Kier alpha value is -5.18. The van der Waals surface area contributed by atoms with E-state index in [0.717, 1.165) is 17.3 Å². The number of carbonyl (C=O) groups excluding carboxylic acids is 1. The first-order valence-electron chi connectivity index (χ1n) is 10.1. The predicted octanol–water partition coefficient (Wildman–Crippen LogP) is 5.38. The Balaban J connectivity index is 2.01. The Bertz CT molecular complexity index is 1370. The summed E-state index contributed by atoms with van der Waals surface area (Å²) in [5, 5.41) is 42.4. The Kier molecular flexibility index (Phi) is 7.43. The van der Waals surface area contributed by atoms with Crippen molar-refractivity contribution in [1.29, 1.82) is 5.26 Å². The van der Waals surface area contributed by atoms with E-state index in [0.29, 0.717) is 18.3 Å². The molecule has 1 N–H and O–H groups in total. The molecule has 0 saturated carbocycles. The number of benzene rings is 3. The van der Waals surface area contributed by atoms with E-state index in [-0.39, 0.29) is 17.2 Å². The number of hydrogen-bond donors (Lipinski definition) is 1. The Morgan fingerprint density at radius 2 is 1.77 bits per heavy atom. The number of nitriles is 1. The van der Waals surface area contributed by atoms with Crippen LogP contribution in [0, 0.1) is 31.6 Å². The van der Waals surface area contributed by atoms with Crippen molar-refractivity contribution in [2.75, 3.05) is 17.3 Å². The van der Waals surface area contributed by atoms with Crippen molar-refractivity contribution in [2.45, 2.75) is 13.5 Å². The van der Waals surface area contributed by atoms with Gasteiger partial charge in [0.15, 0.2) is 5.69 Å². The Morgan fingerprint density at radius 3 is 2.37 bits per heavy atom. The lowest BCUT2D eigenvalue weighted by Gasteiger charge is -2.21. The highest BCUT2D eigenvalue weighted by molar-refractivity contribution is 5.93. The van der Waals surface area contributed by atoms with Crippen molar-refractivity contribution < 1.29 is 14.6 Å². The molecule has 35 heavy (non-hydrogen) atoms. The summed E-state index contributed by atoms with van der Waals surface area (Å²) < 4.78 is 0. The number of nitro groups is 2. The molecule has 0 unspecified atom stereocenters. The second kappa shape index (κ2) is 10.6. The molecule has 0 atom stereocenters. The van der Waals surface area contributed by atoms with Crippen molar-refractivity contribution in [2.24, 2.45) is 10.2 Å². The van der Waals surface area contributed by atoms with Crippen molar-refractivity contribution in [3.63, 3.8) is 0 Å². The molecule has 176 valence electrons. The van der Waals surface area contributed by atoms with Crippen molar-refractivity contribution >= 4 is 40.0 Å². The molecule has 0 radical (unpaired) electrons. The fourth-order valence-electron chi connectivity index (χ4n) is 3.23. The Labute approximate surface area is 199 Å². The maximum Gasteiger partial charge on any atom is 0.304 e. The number of nitro benzene ring substituents is 2. The molecule has 0 bridgehead atoms. The molecule has 0 heterocycles. The third kappa shape index (κ3) is 5.99. The van der Waals surface area contributed by atoms with E-state index < -0.39 is 26.9 Å². The molecular formula is C23H19N7O5. The number of anilines is 2. The summed E-state index contributed by atoms with van der Waals surface area (Å²) in [4.78, 5) is 34.5. The third-order valence-electron chi connectivity index (χ3n) is 4.85. The number of hydrogen-bond acceptors (Lipinski definition) is 9. The molecule has 3 rings (SSSR count). The fourth-order valence-corrected chi connectivity index (χ4v) is 3.23. The molecule has 0 aliphatic rings. The van der Waals surface area contributed by atoms with Gasteiger partial charge in [-0.3, -0.25) is 25.0 Å². The number of rotatable bonds is 8. The van der Waals surface area contributed by atoms with Gasteiger partial charge in [-0.15, -0.1) is 10.2 Å². The van der Waals surface area contributed by atoms with Crippen LogP contribution in [-0.4, -0.2) is 22.8 Å². The largest absolute Gasteiger partial charge is 0.370 e. The average molecular weight is 473 g/mol. The molecule has 0 fully saturated rings. The van der Waals surface area contributed by atoms with Gasteiger partial charge in [0.2, 0.25) is 5.91 Å². The molecule has 12 nitrogen and oxygen atoms in total. The van der Waals surface area contributed by atoms with E-state index in [1.54, 1.807) is 24.3 Å². The topological polar surface area (TPSA) is 167 Å². The van der Waals surface area contributed by atoms with E-state index in [1.807, 2.05) is 42.3 Å². The van der Waals surface area contributed by atoms with Gasteiger partial charge in [0.1, 0.15) is 11.8 Å². The van der Waals surface area contributed by atoms with Gasteiger partial charge in [-0.2, -0.15) is 5.26 Å². The predicted molar refractivity (Wildman–Crippen MR) is 128 cm³/mol. The molecule has 0 spiro atoms. The summed E-state index contributed by atoms with van der Waals surface area (Å²) in [6.45, 7) is 1.91. The van der Waals surface area contributed by atoms with Crippen molar-refractivity contribution in [3.8, 4) is 6.07 Å².